The average Bonchev–Trinajstić information content (AvgIpc) is 2.15. The summed E-state index contributed by atoms with van der Waals surface area (Å²) in [6.07, 6.45) is 5.70. The number of aliphatic hydroxyl groups excluding tert-OH is 1. The van der Waals surface area contributed by atoms with Gasteiger partial charge in [0.2, 0.25) is 0 Å². The zero-order valence-corrected chi connectivity index (χ0v) is 11.1. The molecular weight excluding hydrogens is 190 g/mol. The Hall–Kier alpha value is 0.137. The maximum atomic E-state index is 8.69. The molecule has 0 saturated carbocycles. The Labute approximate surface area is 89.9 Å². The molecule has 1 atom stereocenters. The van der Waals surface area contributed by atoms with Gasteiger partial charge in [-0.1, -0.05) is 38.9 Å². The Bertz CT molecular complexity index is 139. The molecule has 0 aliphatic rings. The molecule has 3 N–H and O–H groups in total. The van der Waals surface area contributed by atoms with Gasteiger partial charge in [0.1, 0.15) is 0 Å². The Morgan fingerprint density at radius 3 is 2.36 bits per heavy atom. The largest absolute Gasteiger partial charge is 0.396 e. The third kappa shape index (κ3) is 5.78. The first-order valence-corrected chi connectivity index (χ1v) is 9.19. The van der Waals surface area contributed by atoms with E-state index in [0.29, 0.717) is 12.3 Å². The van der Waals surface area contributed by atoms with Gasteiger partial charge >= 0.3 is 0 Å². The number of rotatable bonds is 8. The molecule has 0 amide bonds. The van der Waals surface area contributed by atoms with Gasteiger partial charge in [0.05, 0.1) is 8.07 Å². The minimum absolute atomic E-state index is 0.309. The van der Waals surface area contributed by atoms with E-state index in [-0.39, 0.29) is 0 Å². The third-order valence-electron chi connectivity index (χ3n) is 3.10. The third-order valence-corrected chi connectivity index (χ3v) is 7.04. The molecule has 2 nitrogen and oxygen atoms in total. The molecule has 0 aliphatic heterocycles. The molecule has 14 heavy (non-hydrogen) atoms. The number of nitrogens with two attached hydrogens (primary N) is 1. The predicted octanol–water partition coefficient (Wildman–Crippen LogP) is 2.52. The summed E-state index contributed by atoms with van der Waals surface area (Å²) in [7, 11) is -1.18. The molecule has 0 aromatic carbocycles. The standard InChI is InChI=1S/C11H27NOSi/c1-4-5-10-14(2,3)11(12)8-6-7-9-13/h11,13H,4-10,12H2,1-3H3. The van der Waals surface area contributed by atoms with Crippen molar-refractivity contribution in [1.82, 2.24) is 0 Å². The summed E-state index contributed by atoms with van der Waals surface area (Å²) < 4.78 is 0. The minimum Gasteiger partial charge on any atom is -0.396 e. The van der Waals surface area contributed by atoms with Crippen molar-refractivity contribution in [3.05, 3.63) is 0 Å². The van der Waals surface area contributed by atoms with E-state index < -0.39 is 8.07 Å². The van der Waals surface area contributed by atoms with Crippen LogP contribution < -0.4 is 5.73 Å². The van der Waals surface area contributed by atoms with E-state index in [1.807, 2.05) is 0 Å². The highest BCUT2D eigenvalue weighted by atomic mass is 28.3. The molecule has 0 fully saturated rings. The molecule has 0 aromatic rings. The monoisotopic (exact) mass is 217 g/mol. The zero-order valence-electron chi connectivity index (χ0n) is 10.1. The van der Waals surface area contributed by atoms with Gasteiger partial charge in [-0.15, -0.1) is 0 Å². The van der Waals surface area contributed by atoms with E-state index >= 15 is 0 Å². The summed E-state index contributed by atoms with van der Waals surface area (Å²) in [5.74, 6) is 0. The number of unbranched alkanes of at least 4 members (excludes halogenated alkanes) is 2. The molecule has 0 aliphatic carbocycles. The lowest BCUT2D eigenvalue weighted by Crippen LogP contribution is -2.47. The van der Waals surface area contributed by atoms with Crippen molar-refractivity contribution in [2.45, 2.75) is 63.8 Å². The summed E-state index contributed by atoms with van der Waals surface area (Å²) in [6, 6.07) is 1.35. The van der Waals surface area contributed by atoms with Crippen molar-refractivity contribution < 1.29 is 5.11 Å². The van der Waals surface area contributed by atoms with E-state index in [2.05, 4.69) is 20.0 Å². The lowest BCUT2D eigenvalue weighted by atomic mass is 10.2. The van der Waals surface area contributed by atoms with Gasteiger partial charge in [-0.2, -0.15) is 0 Å². The van der Waals surface area contributed by atoms with Gasteiger partial charge in [-0.3, -0.25) is 0 Å². The van der Waals surface area contributed by atoms with Crippen LogP contribution >= 0.6 is 0 Å². The van der Waals surface area contributed by atoms with Crippen LogP contribution in [0.25, 0.3) is 0 Å². The van der Waals surface area contributed by atoms with Crippen LogP contribution in [0.15, 0.2) is 0 Å². The highest BCUT2D eigenvalue weighted by Gasteiger charge is 2.27. The van der Waals surface area contributed by atoms with Gasteiger partial charge in [-0.25, -0.2) is 0 Å². The Morgan fingerprint density at radius 1 is 1.21 bits per heavy atom. The van der Waals surface area contributed by atoms with Crippen molar-refractivity contribution in [2.24, 2.45) is 5.73 Å². The van der Waals surface area contributed by atoms with Gasteiger partial charge in [0.15, 0.2) is 0 Å². The molecule has 0 radical (unpaired) electrons. The molecule has 0 aromatic heterocycles. The fraction of sp³-hybridized carbons (Fsp3) is 1.00. The quantitative estimate of drug-likeness (QED) is 0.485. The molecule has 0 heterocycles. The van der Waals surface area contributed by atoms with Crippen LogP contribution in [0.2, 0.25) is 19.1 Å². The van der Waals surface area contributed by atoms with Crippen LogP contribution in [0.3, 0.4) is 0 Å². The van der Waals surface area contributed by atoms with Crippen LogP contribution in [0.1, 0.15) is 39.0 Å². The highest BCUT2D eigenvalue weighted by Crippen LogP contribution is 2.19. The average molecular weight is 217 g/mol. The van der Waals surface area contributed by atoms with Crippen molar-refractivity contribution in [1.29, 1.82) is 0 Å². The van der Waals surface area contributed by atoms with Crippen LogP contribution in [0.4, 0.5) is 0 Å². The van der Waals surface area contributed by atoms with E-state index in [9.17, 15) is 0 Å². The number of hydrogen-bond acceptors (Lipinski definition) is 2. The number of aliphatic hydroxyl groups is 1. The molecule has 3 heteroatoms. The van der Waals surface area contributed by atoms with Crippen molar-refractivity contribution >= 4 is 8.07 Å². The molecule has 0 saturated heterocycles. The Morgan fingerprint density at radius 2 is 1.86 bits per heavy atom. The first-order chi connectivity index (χ1) is 6.54. The summed E-state index contributed by atoms with van der Waals surface area (Å²) >= 11 is 0. The van der Waals surface area contributed by atoms with Gasteiger partial charge in [0, 0.05) is 6.61 Å². The second-order valence-electron chi connectivity index (χ2n) is 4.92. The molecule has 1 unspecified atom stereocenters. The lowest BCUT2D eigenvalue weighted by Gasteiger charge is -2.29. The second kappa shape index (κ2) is 7.43. The first-order valence-electron chi connectivity index (χ1n) is 5.91. The van der Waals surface area contributed by atoms with E-state index in [0.717, 1.165) is 19.3 Å². The minimum atomic E-state index is -1.18. The maximum absolute atomic E-state index is 8.69. The molecule has 0 bridgehead atoms. The molecule has 86 valence electrons. The summed E-state index contributed by atoms with van der Waals surface area (Å²) in [4.78, 5) is 0. The van der Waals surface area contributed by atoms with Gasteiger partial charge < -0.3 is 10.8 Å². The van der Waals surface area contributed by atoms with Crippen molar-refractivity contribution in [3.63, 3.8) is 0 Å². The molecule has 0 rings (SSSR count). The van der Waals surface area contributed by atoms with Gasteiger partial charge in [0.25, 0.3) is 0 Å². The van der Waals surface area contributed by atoms with E-state index in [4.69, 9.17) is 10.8 Å². The van der Waals surface area contributed by atoms with Gasteiger partial charge in [-0.05, 0) is 24.9 Å². The summed E-state index contributed by atoms with van der Waals surface area (Å²) in [5.41, 5.74) is 6.63. The predicted molar refractivity (Wildman–Crippen MR) is 66.1 cm³/mol. The Kier molecular flexibility index (Phi) is 7.50. The summed E-state index contributed by atoms with van der Waals surface area (Å²) in [6.45, 7) is 7.34. The van der Waals surface area contributed by atoms with E-state index in [1.54, 1.807) is 0 Å². The Balaban J connectivity index is 3.75. The smallest absolute Gasteiger partial charge is 0.0662 e. The SMILES string of the molecule is CCCC[Si](C)(C)C(N)CCCCO. The number of hydrogen-bond donors (Lipinski definition) is 2. The molecular formula is C11H27NOSi. The van der Waals surface area contributed by atoms with Crippen LogP contribution in [0.5, 0.6) is 0 Å². The normalized spacial score (nSPS) is 14.4. The van der Waals surface area contributed by atoms with Crippen LogP contribution in [-0.2, 0) is 0 Å². The maximum Gasteiger partial charge on any atom is 0.0662 e. The summed E-state index contributed by atoms with van der Waals surface area (Å²) in [5, 5.41) is 8.69. The van der Waals surface area contributed by atoms with E-state index in [1.165, 1.54) is 18.9 Å². The van der Waals surface area contributed by atoms with Crippen molar-refractivity contribution in [3.8, 4) is 0 Å². The van der Waals surface area contributed by atoms with Crippen LogP contribution in [-0.4, -0.2) is 25.5 Å². The second-order valence-corrected chi connectivity index (χ2v) is 10.1. The first kappa shape index (κ1) is 14.1. The fourth-order valence-corrected chi connectivity index (χ4v) is 4.31. The zero-order chi connectivity index (χ0) is 11.0. The topological polar surface area (TPSA) is 46.2 Å². The molecule has 0 spiro atoms. The fourth-order valence-electron chi connectivity index (χ4n) is 1.68. The lowest BCUT2D eigenvalue weighted by molar-refractivity contribution is 0.282. The van der Waals surface area contributed by atoms with Crippen molar-refractivity contribution in [2.75, 3.05) is 6.61 Å². The van der Waals surface area contributed by atoms with Crippen LogP contribution in [0, 0.1) is 0 Å². The highest BCUT2D eigenvalue weighted by molar-refractivity contribution is 6.78.